The van der Waals surface area contributed by atoms with Crippen LogP contribution in [0.25, 0.3) is 16.4 Å². The van der Waals surface area contributed by atoms with E-state index in [0.717, 1.165) is 16.4 Å². The first-order valence-electron chi connectivity index (χ1n) is 8.76. The normalized spacial score (nSPS) is 11.3. The van der Waals surface area contributed by atoms with Gasteiger partial charge in [0.05, 0.1) is 23.2 Å². The number of esters is 1. The summed E-state index contributed by atoms with van der Waals surface area (Å²) in [5.41, 5.74) is 2.44. The molecule has 0 bridgehead atoms. The maximum Gasteiger partial charge on any atom is 0.341 e. The number of pyridine rings is 1. The van der Waals surface area contributed by atoms with Crippen molar-refractivity contribution in [1.29, 1.82) is 0 Å². The number of benzene rings is 1. The summed E-state index contributed by atoms with van der Waals surface area (Å²) in [4.78, 5) is 26.9. The van der Waals surface area contributed by atoms with Crippen molar-refractivity contribution in [2.24, 2.45) is 0 Å². The third-order valence-corrected chi connectivity index (χ3v) is 4.28. The van der Waals surface area contributed by atoms with Crippen LogP contribution in [0.3, 0.4) is 0 Å². The zero-order valence-electron chi connectivity index (χ0n) is 15.4. The average molecular weight is 369 g/mol. The van der Waals surface area contributed by atoms with Crippen molar-refractivity contribution >= 4 is 28.3 Å². The Kier molecular flexibility index (Phi) is 5.73. The minimum Gasteiger partial charge on any atom is -0.461 e. The number of aliphatic hydroxyl groups excluding tert-OH is 1. The van der Waals surface area contributed by atoms with Gasteiger partial charge in [-0.05, 0) is 38.4 Å². The van der Waals surface area contributed by atoms with Gasteiger partial charge in [-0.2, -0.15) is 0 Å². The van der Waals surface area contributed by atoms with E-state index in [0.29, 0.717) is 24.3 Å². The molecule has 7 heteroatoms. The van der Waals surface area contributed by atoms with Crippen molar-refractivity contribution < 1.29 is 19.4 Å². The quantitative estimate of drug-likeness (QED) is 0.617. The number of likely N-dealkylation sites (N-methyl/N-ethyl adjacent to an activating group) is 1. The summed E-state index contributed by atoms with van der Waals surface area (Å²) in [6.45, 7) is 1.02. The summed E-state index contributed by atoms with van der Waals surface area (Å²) < 4.78 is 7.32. The zero-order valence-corrected chi connectivity index (χ0v) is 15.4. The number of hydrogen-bond donors (Lipinski definition) is 2. The molecule has 0 spiro atoms. The molecule has 7 nitrogen and oxygen atoms in total. The SMILES string of the molecule is CN(C)CCOC(=O)c1c2ccc(C(=O)NCCO)cc2n2ccccc12. The largest absolute Gasteiger partial charge is 0.461 e. The van der Waals surface area contributed by atoms with Crippen molar-refractivity contribution in [3.63, 3.8) is 0 Å². The van der Waals surface area contributed by atoms with Gasteiger partial charge in [0.1, 0.15) is 6.61 Å². The van der Waals surface area contributed by atoms with Crippen molar-refractivity contribution in [3.05, 3.63) is 53.7 Å². The van der Waals surface area contributed by atoms with E-state index in [1.54, 1.807) is 18.2 Å². The smallest absolute Gasteiger partial charge is 0.341 e. The Balaban J connectivity index is 2.02. The Bertz CT molecular complexity index is 978. The molecule has 0 saturated heterocycles. The molecule has 2 aromatic heterocycles. The monoisotopic (exact) mass is 369 g/mol. The predicted octanol–water partition coefficient (Wildman–Crippen LogP) is 1.53. The minimum atomic E-state index is -0.381. The Morgan fingerprint density at radius 1 is 1.19 bits per heavy atom. The number of fused-ring (bicyclic) bond motifs is 3. The zero-order chi connectivity index (χ0) is 19.4. The van der Waals surface area contributed by atoms with Gasteiger partial charge in [-0.15, -0.1) is 0 Å². The summed E-state index contributed by atoms with van der Waals surface area (Å²) >= 11 is 0. The molecule has 142 valence electrons. The Hall–Kier alpha value is -2.90. The molecule has 0 aliphatic rings. The fraction of sp³-hybridized carbons (Fsp3) is 0.300. The number of aromatic nitrogens is 1. The van der Waals surface area contributed by atoms with Crippen LogP contribution in [0.15, 0.2) is 42.6 Å². The van der Waals surface area contributed by atoms with E-state index in [-0.39, 0.29) is 25.0 Å². The standard InChI is InChI=1S/C20H23N3O4/c1-22(2)10-12-27-20(26)18-15-7-6-14(19(25)21-8-11-24)13-17(15)23-9-4-3-5-16(18)23/h3-7,9,13,24H,8,10-12H2,1-2H3,(H,21,25). The highest BCUT2D eigenvalue weighted by molar-refractivity contribution is 6.12. The number of hydrogen-bond acceptors (Lipinski definition) is 5. The van der Waals surface area contributed by atoms with Crippen LogP contribution in [0.4, 0.5) is 0 Å². The number of rotatable bonds is 7. The topological polar surface area (TPSA) is 83.3 Å². The van der Waals surface area contributed by atoms with Gasteiger partial charge in [0.25, 0.3) is 5.91 Å². The molecule has 2 N–H and O–H groups in total. The number of nitrogens with zero attached hydrogens (tertiary/aromatic N) is 2. The van der Waals surface area contributed by atoms with E-state index in [1.165, 1.54) is 0 Å². The summed E-state index contributed by atoms with van der Waals surface area (Å²) in [7, 11) is 3.83. The second-order valence-corrected chi connectivity index (χ2v) is 6.48. The van der Waals surface area contributed by atoms with Crippen molar-refractivity contribution in [2.75, 3.05) is 40.4 Å². The number of carbonyl (C=O) groups is 2. The molecule has 1 amide bonds. The Morgan fingerprint density at radius 3 is 2.74 bits per heavy atom. The summed E-state index contributed by atoms with van der Waals surface area (Å²) in [6.07, 6.45) is 1.85. The highest BCUT2D eigenvalue weighted by atomic mass is 16.5. The summed E-state index contributed by atoms with van der Waals surface area (Å²) in [5.74, 6) is -0.653. The minimum absolute atomic E-state index is 0.120. The van der Waals surface area contributed by atoms with E-state index < -0.39 is 0 Å². The van der Waals surface area contributed by atoms with Crippen LogP contribution in [-0.2, 0) is 4.74 Å². The molecule has 0 radical (unpaired) electrons. The van der Waals surface area contributed by atoms with Gasteiger partial charge in [-0.1, -0.05) is 12.1 Å². The molecule has 0 aliphatic heterocycles. The summed E-state index contributed by atoms with van der Waals surface area (Å²) in [5, 5.41) is 12.2. The van der Waals surface area contributed by atoms with Crippen LogP contribution < -0.4 is 5.32 Å². The maximum absolute atomic E-state index is 12.7. The van der Waals surface area contributed by atoms with Gasteiger partial charge in [-0.25, -0.2) is 4.79 Å². The molecule has 0 saturated carbocycles. The lowest BCUT2D eigenvalue weighted by Crippen LogP contribution is -2.26. The van der Waals surface area contributed by atoms with Crippen LogP contribution in [0, 0.1) is 0 Å². The molecular formula is C20H23N3O4. The van der Waals surface area contributed by atoms with Gasteiger partial charge in [0.15, 0.2) is 0 Å². The molecule has 3 rings (SSSR count). The lowest BCUT2D eigenvalue weighted by molar-refractivity contribution is 0.0486. The van der Waals surface area contributed by atoms with E-state index in [4.69, 9.17) is 9.84 Å². The fourth-order valence-corrected chi connectivity index (χ4v) is 2.96. The molecule has 0 aliphatic carbocycles. The molecule has 3 aromatic rings. The second kappa shape index (κ2) is 8.20. The summed E-state index contributed by atoms with van der Waals surface area (Å²) in [6, 6.07) is 10.8. The first-order valence-corrected chi connectivity index (χ1v) is 8.76. The molecule has 1 aromatic carbocycles. The van der Waals surface area contributed by atoms with Gasteiger partial charge in [0.2, 0.25) is 0 Å². The van der Waals surface area contributed by atoms with E-state index in [1.807, 2.05) is 47.8 Å². The van der Waals surface area contributed by atoms with Gasteiger partial charge >= 0.3 is 5.97 Å². The average Bonchev–Trinajstić information content (AvgIpc) is 2.99. The molecule has 27 heavy (non-hydrogen) atoms. The first kappa shape index (κ1) is 18.9. The molecule has 0 fully saturated rings. The van der Waals surface area contributed by atoms with Crippen LogP contribution in [0.2, 0.25) is 0 Å². The number of ether oxygens (including phenoxy) is 1. The van der Waals surface area contributed by atoms with Gasteiger partial charge in [0, 0.05) is 30.2 Å². The highest BCUT2D eigenvalue weighted by Crippen LogP contribution is 2.28. The number of aliphatic hydroxyl groups is 1. The lowest BCUT2D eigenvalue weighted by atomic mass is 10.1. The van der Waals surface area contributed by atoms with E-state index >= 15 is 0 Å². The third kappa shape index (κ3) is 3.94. The molecular weight excluding hydrogens is 346 g/mol. The number of carbonyl (C=O) groups excluding carboxylic acids is 2. The van der Waals surface area contributed by atoms with Crippen molar-refractivity contribution in [2.45, 2.75) is 0 Å². The van der Waals surface area contributed by atoms with Gasteiger partial charge < -0.3 is 24.5 Å². The maximum atomic E-state index is 12.7. The first-order chi connectivity index (χ1) is 13.0. The highest BCUT2D eigenvalue weighted by Gasteiger charge is 2.20. The van der Waals surface area contributed by atoms with Crippen LogP contribution in [-0.4, -0.2) is 66.7 Å². The Morgan fingerprint density at radius 2 is 2.00 bits per heavy atom. The van der Waals surface area contributed by atoms with Crippen LogP contribution >= 0.6 is 0 Å². The van der Waals surface area contributed by atoms with Crippen molar-refractivity contribution in [1.82, 2.24) is 14.6 Å². The number of nitrogens with one attached hydrogen (secondary N) is 1. The van der Waals surface area contributed by atoms with E-state index in [9.17, 15) is 9.59 Å². The fourth-order valence-electron chi connectivity index (χ4n) is 2.96. The number of amides is 1. The predicted molar refractivity (Wildman–Crippen MR) is 103 cm³/mol. The molecule has 2 heterocycles. The van der Waals surface area contributed by atoms with E-state index in [2.05, 4.69) is 5.32 Å². The van der Waals surface area contributed by atoms with Gasteiger partial charge in [-0.3, -0.25) is 4.79 Å². The van der Waals surface area contributed by atoms with Crippen molar-refractivity contribution in [3.8, 4) is 0 Å². The Labute approximate surface area is 157 Å². The second-order valence-electron chi connectivity index (χ2n) is 6.48. The molecule has 0 atom stereocenters. The lowest BCUT2D eigenvalue weighted by Gasteiger charge is -2.09. The molecule has 0 unspecified atom stereocenters. The van der Waals surface area contributed by atoms with Crippen LogP contribution in [0.5, 0.6) is 0 Å². The third-order valence-electron chi connectivity index (χ3n) is 4.28. The van der Waals surface area contributed by atoms with Crippen LogP contribution in [0.1, 0.15) is 20.7 Å².